The summed E-state index contributed by atoms with van der Waals surface area (Å²) in [4.78, 5) is 14.7. The van der Waals surface area contributed by atoms with Crippen molar-refractivity contribution in [2.45, 2.75) is 6.92 Å². The highest BCUT2D eigenvalue weighted by Crippen LogP contribution is 2.10. The number of nitriles is 1. The van der Waals surface area contributed by atoms with Crippen molar-refractivity contribution >= 4 is 11.9 Å². The van der Waals surface area contributed by atoms with E-state index in [4.69, 9.17) is 5.26 Å². The Labute approximate surface area is 79.6 Å². The van der Waals surface area contributed by atoms with Crippen molar-refractivity contribution in [3.05, 3.63) is 29.2 Å². The minimum atomic E-state index is 0.414. The van der Waals surface area contributed by atoms with Crippen LogP contribution in [-0.4, -0.2) is 20.9 Å². The van der Waals surface area contributed by atoms with E-state index >= 15 is 0 Å². The topological polar surface area (TPSA) is 71.1 Å². The van der Waals surface area contributed by atoms with Crippen molar-refractivity contribution in [3.63, 3.8) is 0 Å². The Hall–Kier alpha value is -2.22. The van der Waals surface area contributed by atoms with Crippen LogP contribution in [0.5, 0.6) is 0 Å². The highest BCUT2D eigenvalue weighted by Gasteiger charge is 2.09. The average molecular weight is 186 g/mol. The number of rotatable bonds is 1. The van der Waals surface area contributed by atoms with E-state index in [-0.39, 0.29) is 0 Å². The predicted octanol–water partition coefficient (Wildman–Crippen LogP) is 0.722. The fraction of sp³-hybridized carbons (Fsp3) is 0.111. The zero-order valence-electron chi connectivity index (χ0n) is 7.43. The van der Waals surface area contributed by atoms with Gasteiger partial charge in [0, 0.05) is 6.20 Å². The van der Waals surface area contributed by atoms with Crippen LogP contribution in [0, 0.1) is 18.3 Å². The summed E-state index contributed by atoms with van der Waals surface area (Å²) < 4.78 is 1.44. The van der Waals surface area contributed by atoms with Gasteiger partial charge >= 0.3 is 0 Å². The molecular weight excluding hydrogens is 180 g/mol. The van der Waals surface area contributed by atoms with Gasteiger partial charge < -0.3 is 0 Å². The molecule has 0 unspecified atom stereocenters. The molecule has 68 valence electrons. The maximum absolute atomic E-state index is 10.7. The van der Waals surface area contributed by atoms with Crippen LogP contribution in [0.4, 0.5) is 0 Å². The van der Waals surface area contributed by atoms with Gasteiger partial charge in [-0.1, -0.05) is 0 Å². The van der Waals surface area contributed by atoms with Crippen molar-refractivity contribution in [2.24, 2.45) is 0 Å². The van der Waals surface area contributed by atoms with Crippen molar-refractivity contribution in [1.82, 2.24) is 14.6 Å². The van der Waals surface area contributed by atoms with E-state index in [1.165, 1.54) is 10.7 Å². The summed E-state index contributed by atoms with van der Waals surface area (Å²) >= 11 is 0. The summed E-state index contributed by atoms with van der Waals surface area (Å²) in [5.41, 5.74) is 1.98. The van der Waals surface area contributed by atoms with E-state index in [2.05, 4.69) is 10.1 Å². The molecule has 0 spiro atoms. The fourth-order valence-electron chi connectivity index (χ4n) is 1.26. The molecule has 2 aromatic heterocycles. The number of carbonyl (C=O) groups excluding carboxylic acids is 1. The largest absolute Gasteiger partial charge is 0.298 e. The lowest BCUT2D eigenvalue weighted by molar-refractivity contribution is 0.112. The van der Waals surface area contributed by atoms with Gasteiger partial charge in [0.2, 0.25) is 0 Å². The second-order valence-electron chi connectivity index (χ2n) is 2.84. The molecule has 5 nitrogen and oxygen atoms in total. The highest BCUT2D eigenvalue weighted by atomic mass is 16.1. The van der Waals surface area contributed by atoms with Gasteiger partial charge in [0.1, 0.15) is 6.07 Å². The van der Waals surface area contributed by atoms with Gasteiger partial charge in [0.15, 0.2) is 11.9 Å². The second-order valence-corrected chi connectivity index (χ2v) is 2.84. The molecule has 14 heavy (non-hydrogen) atoms. The van der Waals surface area contributed by atoms with E-state index in [9.17, 15) is 4.79 Å². The SMILES string of the molecule is Cc1nn2cc(C#N)cnc2c1C=O. The molecule has 0 saturated heterocycles. The van der Waals surface area contributed by atoms with Crippen LogP contribution in [0.1, 0.15) is 21.6 Å². The minimum absolute atomic E-state index is 0.414. The fourth-order valence-corrected chi connectivity index (χ4v) is 1.26. The zero-order chi connectivity index (χ0) is 10.1. The molecule has 2 aromatic rings. The standard InChI is InChI=1S/C9H6N4O/c1-6-8(5-14)9-11-3-7(2-10)4-13(9)12-6/h3-5H,1H3. The number of nitrogens with zero attached hydrogens (tertiary/aromatic N) is 4. The first-order chi connectivity index (χ1) is 6.76. The maximum atomic E-state index is 10.7. The monoisotopic (exact) mass is 186 g/mol. The average Bonchev–Trinajstić information content (AvgIpc) is 2.51. The molecule has 0 amide bonds. The van der Waals surface area contributed by atoms with E-state index < -0.39 is 0 Å². The van der Waals surface area contributed by atoms with E-state index in [0.717, 1.165) is 6.29 Å². The third-order valence-corrected chi connectivity index (χ3v) is 1.94. The Balaban J connectivity index is 2.82. The zero-order valence-corrected chi connectivity index (χ0v) is 7.43. The predicted molar refractivity (Wildman–Crippen MR) is 47.8 cm³/mol. The van der Waals surface area contributed by atoms with Gasteiger partial charge in [0.25, 0.3) is 0 Å². The first-order valence-electron chi connectivity index (χ1n) is 3.96. The van der Waals surface area contributed by atoms with Gasteiger partial charge in [0.05, 0.1) is 23.0 Å². The molecule has 0 saturated carbocycles. The van der Waals surface area contributed by atoms with Crippen LogP contribution in [-0.2, 0) is 0 Å². The summed E-state index contributed by atoms with van der Waals surface area (Å²) in [6, 6.07) is 1.95. The lowest BCUT2D eigenvalue weighted by atomic mass is 10.3. The lowest BCUT2D eigenvalue weighted by Crippen LogP contribution is -1.92. The summed E-state index contributed by atoms with van der Waals surface area (Å²) in [6.07, 6.45) is 3.68. The minimum Gasteiger partial charge on any atom is -0.298 e. The van der Waals surface area contributed by atoms with E-state index in [1.54, 1.807) is 13.1 Å². The van der Waals surface area contributed by atoms with Gasteiger partial charge in [-0.3, -0.25) is 4.79 Å². The van der Waals surface area contributed by atoms with Gasteiger partial charge in [-0.2, -0.15) is 10.4 Å². The van der Waals surface area contributed by atoms with Gasteiger partial charge in [-0.25, -0.2) is 9.50 Å². The Bertz CT molecular complexity index is 550. The van der Waals surface area contributed by atoms with Crippen molar-refractivity contribution in [2.75, 3.05) is 0 Å². The number of fused-ring (bicyclic) bond motifs is 1. The molecule has 2 rings (SSSR count). The molecule has 0 aliphatic heterocycles. The van der Waals surface area contributed by atoms with Crippen molar-refractivity contribution in [3.8, 4) is 6.07 Å². The molecule has 2 heterocycles. The van der Waals surface area contributed by atoms with Gasteiger partial charge in [-0.15, -0.1) is 0 Å². The van der Waals surface area contributed by atoms with Crippen LogP contribution in [0.25, 0.3) is 5.65 Å². The highest BCUT2D eigenvalue weighted by molar-refractivity contribution is 5.85. The number of aromatic nitrogens is 3. The quantitative estimate of drug-likeness (QED) is 0.615. The molecule has 0 aliphatic carbocycles. The third-order valence-electron chi connectivity index (χ3n) is 1.94. The van der Waals surface area contributed by atoms with Crippen LogP contribution >= 0.6 is 0 Å². The molecule has 0 aromatic carbocycles. The summed E-state index contributed by atoms with van der Waals surface area (Å²) in [7, 11) is 0. The molecule has 0 bridgehead atoms. The molecule has 0 N–H and O–H groups in total. The number of aldehydes is 1. The molecule has 0 aliphatic rings. The van der Waals surface area contributed by atoms with Crippen LogP contribution in [0.3, 0.4) is 0 Å². The molecular formula is C9H6N4O. The van der Waals surface area contributed by atoms with Crippen LogP contribution in [0.2, 0.25) is 0 Å². The number of aryl methyl sites for hydroxylation is 1. The Morgan fingerprint density at radius 3 is 3.07 bits per heavy atom. The normalized spacial score (nSPS) is 10.0. The van der Waals surface area contributed by atoms with Gasteiger partial charge in [-0.05, 0) is 6.92 Å². The number of hydrogen-bond acceptors (Lipinski definition) is 4. The van der Waals surface area contributed by atoms with E-state index in [0.29, 0.717) is 22.5 Å². The van der Waals surface area contributed by atoms with Crippen LogP contribution < -0.4 is 0 Å². The maximum Gasteiger partial charge on any atom is 0.165 e. The Morgan fingerprint density at radius 1 is 1.64 bits per heavy atom. The third kappa shape index (κ3) is 1.05. The molecule has 5 heteroatoms. The molecule has 0 fully saturated rings. The first-order valence-corrected chi connectivity index (χ1v) is 3.96. The molecule has 0 radical (unpaired) electrons. The van der Waals surface area contributed by atoms with Crippen molar-refractivity contribution < 1.29 is 4.79 Å². The second kappa shape index (κ2) is 2.92. The first kappa shape index (κ1) is 8.38. The lowest BCUT2D eigenvalue weighted by Gasteiger charge is -1.91. The van der Waals surface area contributed by atoms with E-state index in [1.807, 2.05) is 6.07 Å². The van der Waals surface area contributed by atoms with Crippen molar-refractivity contribution in [1.29, 1.82) is 5.26 Å². The number of carbonyl (C=O) groups is 1. The Kier molecular flexibility index (Phi) is 1.75. The smallest absolute Gasteiger partial charge is 0.165 e. The van der Waals surface area contributed by atoms with Crippen LogP contribution in [0.15, 0.2) is 12.4 Å². The summed E-state index contributed by atoms with van der Waals surface area (Å²) in [5, 5.41) is 12.7. The molecule has 0 atom stereocenters. The Morgan fingerprint density at radius 2 is 2.43 bits per heavy atom. The summed E-state index contributed by atoms with van der Waals surface area (Å²) in [5.74, 6) is 0. The number of hydrogen-bond donors (Lipinski definition) is 0. The summed E-state index contributed by atoms with van der Waals surface area (Å²) in [6.45, 7) is 1.73.